The van der Waals surface area contributed by atoms with Gasteiger partial charge in [0.25, 0.3) is 0 Å². The molecular formula is C15H24BrNO2. The number of hydrogen-bond donors (Lipinski definition) is 1. The molecule has 3 nitrogen and oxygen atoms in total. The molecular weight excluding hydrogens is 306 g/mol. The first-order valence-electron chi connectivity index (χ1n) is 6.56. The summed E-state index contributed by atoms with van der Waals surface area (Å²) in [5, 5.41) is 3.18. The van der Waals surface area contributed by atoms with E-state index in [9.17, 15) is 0 Å². The summed E-state index contributed by atoms with van der Waals surface area (Å²) in [6, 6.07) is 8.18. The van der Waals surface area contributed by atoms with Gasteiger partial charge in [0.2, 0.25) is 0 Å². The maximum atomic E-state index is 6.01. The summed E-state index contributed by atoms with van der Waals surface area (Å²) in [6.07, 6.45) is 0.919. The van der Waals surface area contributed by atoms with Gasteiger partial charge in [0.15, 0.2) is 0 Å². The Hall–Kier alpha value is -0.420. The van der Waals surface area contributed by atoms with Crippen molar-refractivity contribution in [2.24, 2.45) is 0 Å². The second-order valence-corrected chi connectivity index (χ2v) is 6.01. The largest absolute Gasteiger partial charge is 0.379 e. The SMILES string of the molecule is CNCC(OCCC(C)(C)OC)c1ccccc1Br. The van der Waals surface area contributed by atoms with Crippen molar-refractivity contribution < 1.29 is 9.47 Å². The molecule has 0 bridgehead atoms. The minimum absolute atomic E-state index is 0.0493. The van der Waals surface area contributed by atoms with Crippen molar-refractivity contribution >= 4 is 15.9 Å². The number of halogens is 1. The fraction of sp³-hybridized carbons (Fsp3) is 0.600. The number of hydrogen-bond acceptors (Lipinski definition) is 3. The van der Waals surface area contributed by atoms with Crippen LogP contribution < -0.4 is 5.32 Å². The third-order valence-corrected chi connectivity index (χ3v) is 3.94. The van der Waals surface area contributed by atoms with Crippen molar-refractivity contribution in [2.75, 3.05) is 27.3 Å². The van der Waals surface area contributed by atoms with E-state index in [1.54, 1.807) is 7.11 Å². The highest BCUT2D eigenvalue weighted by Crippen LogP contribution is 2.26. The van der Waals surface area contributed by atoms with Crippen molar-refractivity contribution in [1.82, 2.24) is 5.32 Å². The maximum Gasteiger partial charge on any atom is 0.0959 e. The van der Waals surface area contributed by atoms with Gasteiger partial charge < -0.3 is 14.8 Å². The molecule has 0 aromatic heterocycles. The van der Waals surface area contributed by atoms with E-state index in [1.807, 2.05) is 25.2 Å². The van der Waals surface area contributed by atoms with Crippen LogP contribution in [0, 0.1) is 0 Å². The molecule has 1 aromatic rings. The van der Waals surface area contributed by atoms with Crippen molar-refractivity contribution in [3.63, 3.8) is 0 Å². The van der Waals surface area contributed by atoms with Crippen LogP contribution in [-0.2, 0) is 9.47 Å². The monoisotopic (exact) mass is 329 g/mol. The second-order valence-electron chi connectivity index (χ2n) is 5.15. The van der Waals surface area contributed by atoms with E-state index in [0.717, 1.165) is 17.4 Å². The van der Waals surface area contributed by atoms with Crippen LogP contribution in [0.15, 0.2) is 28.7 Å². The molecule has 0 aliphatic rings. The van der Waals surface area contributed by atoms with Crippen LogP contribution in [0.25, 0.3) is 0 Å². The van der Waals surface area contributed by atoms with Gasteiger partial charge in [0.1, 0.15) is 0 Å². The Morgan fingerprint density at radius 3 is 2.58 bits per heavy atom. The molecule has 108 valence electrons. The average molecular weight is 330 g/mol. The van der Waals surface area contributed by atoms with Gasteiger partial charge in [0.05, 0.1) is 18.3 Å². The number of likely N-dealkylation sites (N-methyl/N-ethyl adjacent to an activating group) is 1. The summed E-state index contributed by atoms with van der Waals surface area (Å²) in [5.41, 5.74) is 1.03. The first-order valence-corrected chi connectivity index (χ1v) is 7.35. The Morgan fingerprint density at radius 1 is 1.32 bits per heavy atom. The number of ether oxygens (including phenoxy) is 2. The quantitative estimate of drug-likeness (QED) is 0.791. The molecule has 0 heterocycles. The van der Waals surface area contributed by atoms with E-state index in [1.165, 1.54) is 5.56 Å². The lowest BCUT2D eigenvalue weighted by Crippen LogP contribution is -2.26. The van der Waals surface area contributed by atoms with E-state index in [4.69, 9.17) is 9.47 Å². The first-order chi connectivity index (χ1) is 9.00. The summed E-state index contributed by atoms with van der Waals surface area (Å²) in [6.45, 7) is 5.61. The van der Waals surface area contributed by atoms with Crippen molar-refractivity contribution in [1.29, 1.82) is 0 Å². The van der Waals surface area contributed by atoms with E-state index in [-0.39, 0.29) is 11.7 Å². The zero-order valence-electron chi connectivity index (χ0n) is 12.2. The molecule has 0 saturated carbocycles. The lowest BCUT2D eigenvalue weighted by atomic mass is 10.1. The molecule has 0 fully saturated rings. The Kier molecular flexibility index (Phi) is 7.00. The Bertz CT molecular complexity index is 382. The van der Waals surface area contributed by atoms with Crippen LogP contribution in [0.4, 0.5) is 0 Å². The Balaban J connectivity index is 2.62. The number of rotatable bonds is 8. The van der Waals surface area contributed by atoms with Gasteiger partial charge in [-0.25, -0.2) is 0 Å². The minimum atomic E-state index is -0.141. The second kappa shape index (κ2) is 8.00. The van der Waals surface area contributed by atoms with Crippen molar-refractivity contribution in [2.45, 2.75) is 32.0 Å². The van der Waals surface area contributed by atoms with Gasteiger partial charge in [-0.05, 0) is 38.9 Å². The zero-order chi connectivity index (χ0) is 14.3. The highest BCUT2D eigenvalue weighted by atomic mass is 79.9. The van der Waals surface area contributed by atoms with Crippen molar-refractivity contribution in [3.05, 3.63) is 34.3 Å². The lowest BCUT2D eigenvalue weighted by Gasteiger charge is -2.25. The van der Waals surface area contributed by atoms with Gasteiger partial charge in [-0.3, -0.25) is 0 Å². The van der Waals surface area contributed by atoms with Gasteiger partial charge >= 0.3 is 0 Å². The summed E-state index contributed by atoms with van der Waals surface area (Å²) in [5.74, 6) is 0. The van der Waals surface area contributed by atoms with Crippen LogP contribution in [-0.4, -0.2) is 32.9 Å². The Labute approximate surface area is 124 Å². The predicted molar refractivity (Wildman–Crippen MR) is 82.5 cm³/mol. The normalized spacial score (nSPS) is 13.5. The molecule has 0 radical (unpaired) electrons. The third-order valence-electron chi connectivity index (χ3n) is 3.22. The molecule has 0 saturated heterocycles. The minimum Gasteiger partial charge on any atom is -0.379 e. The topological polar surface area (TPSA) is 30.5 Å². The van der Waals surface area contributed by atoms with E-state index < -0.39 is 0 Å². The van der Waals surface area contributed by atoms with Crippen LogP contribution >= 0.6 is 15.9 Å². The molecule has 4 heteroatoms. The summed E-state index contributed by atoms with van der Waals surface area (Å²) < 4.78 is 12.5. The molecule has 0 spiro atoms. The van der Waals surface area contributed by atoms with Gasteiger partial charge in [0, 0.05) is 18.1 Å². The highest BCUT2D eigenvalue weighted by molar-refractivity contribution is 9.10. The lowest BCUT2D eigenvalue weighted by molar-refractivity contribution is -0.0270. The fourth-order valence-corrected chi connectivity index (χ4v) is 2.27. The van der Waals surface area contributed by atoms with Crippen molar-refractivity contribution in [3.8, 4) is 0 Å². The van der Waals surface area contributed by atoms with E-state index in [2.05, 4.69) is 41.2 Å². The highest BCUT2D eigenvalue weighted by Gasteiger charge is 2.19. The fourth-order valence-electron chi connectivity index (χ4n) is 1.73. The predicted octanol–water partition coefficient (Wildman–Crippen LogP) is 3.54. The summed E-state index contributed by atoms with van der Waals surface area (Å²) >= 11 is 3.58. The van der Waals surface area contributed by atoms with Gasteiger partial charge in [-0.15, -0.1) is 0 Å². The third kappa shape index (κ3) is 5.61. The van der Waals surface area contributed by atoms with Crippen LogP contribution in [0.5, 0.6) is 0 Å². The molecule has 1 atom stereocenters. The number of benzene rings is 1. The van der Waals surface area contributed by atoms with Crippen LogP contribution in [0.2, 0.25) is 0 Å². The zero-order valence-corrected chi connectivity index (χ0v) is 13.8. The molecule has 0 amide bonds. The molecule has 0 aliphatic heterocycles. The standard InChI is InChI=1S/C15H24BrNO2/c1-15(2,18-4)9-10-19-14(11-17-3)12-7-5-6-8-13(12)16/h5-8,14,17H,9-11H2,1-4H3. The van der Waals surface area contributed by atoms with E-state index in [0.29, 0.717) is 6.61 Å². The van der Waals surface area contributed by atoms with E-state index >= 15 is 0 Å². The molecule has 0 aliphatic carbocycles. The molecule has 1 N–H and O–H groups in total. The van der Waals surface area contributed by atoms with Crippen LogP contribution in [0.1, 0.15) is 31.9 Å². The molecule has 19 heavy (non-hydrogen) atoms. The molecule has 1 unspecified atom stereocenters. The van der Waals surface area contributed by atoms with Crippen LogP contribution in [0.3, 0.4) is 0 Å². The molecule has 1 aromatic carbocycles. The summed E-state index contributed by atoms with van der Waals surface area (Å²) in [7, 11) is 3.67. The van der Waals surface area contributed by atoms with Gasteiger partial charge in [-0.1, -0.05) is 34.1 Å². The summed E-state index contributed by atoms with van der Waals surface area (Å²) in [4.78, 5) is 0. The maximum absolute atomic E-state index is 6.01. The smallest absolute Gasteiger partial charge is 0.0959 e. The first kappa shape index (κ1) is 16.6. The Morgan fingerprint density at radius 2 is 2.00 bits per heavy atom. The van der Waals surface area contributed by atoms with Gasteiger partial charge in [-0.2, -0.15) is 0 Å². The molecule has 1 rings (SSSR count). The average Bonchev–Trinajstić information content (AvgIpc) is 2.38. The number of nitrogens with one attached hydrogen (secondary N) is 1. The number of methoxy groups -OCH3 is 1.